The number of hydrogen-bond acceptors (Lipinski definition) is 7. The third-order valence-electron chi connectivity index (χ3n) is 4.40. The van der Waals surface area contributed by atoms with Gasteiger partial charge in [0.1, 0.15) is 0 Å². The maximum atomic E-state index is 12.2. The topological polar surface area (TPSA) is 92.3 Å². The Morgan fingerprint density at radius 3 is 2.70 bits per heavy atom. The molecule has 1 aliphatic rings. The summed E-state index contributed by atoms with van der Waals surface area (Å²) in [5.41, 5.74) is 1.49. The minimum atomic E-state index is -0.955. The average molecular weight is 413 g/mol. The summed E-state index contributed by atoms with van der Waals surface area (Å²) in [7, 11) is 3.05. The number of para-hydroxylation sites is 1. The molecule has 1 atom stereocenters. The van der Waals surface area contributed by atoms with Crippen molar-refractivity contribution < 1.29 is 33.3 Å². The van der Waals surface area contributed by atoms with Crippen LogP contribution in [-0.4, -0.2) is 39.0 Å². The van der Waals surface area contributed by atoms with E-state index in [1.54, 1.807) is 36.4 Å². The zero-order valence-corrected chi connectivity index (χ0v) is 17.0. The van der Waals surface area contributed by atoms with Gasteiger partial charge in [-0.15, -0.1) is 0 Å². The average Bonchev–Trinajstić information content (AvgIpc) is 3.23. The summed E-state index contributed by atoms with van der Waals surface area (Å²) in [4.78, 5) is 24.3. The number of benzene rings is 2. The molecule has 8 heteroatoms. The molecule has 0 aliphatic carbocycles. The Hall–Kier alpha value is -3.68. The predicted octanol–water partition coefficient (Wildman–Crippen LogP) is 2.69. The van der Waals surface area contributed by atoms with Gasteiger partial charge in [0.05, 0.1) is 14.2 Å². The third-order valence-corrected chi connectivity index (χ3v) is 4.40. The highest BCUT2D eigenvalue weighted by atomic mass is 16.7. The van der Waals surface area contributed by atoms with Crippen molar-refractivity contribution in [2.75, 3.05) is 21.0 Å². The summed E-state index contributed by atoms with van der Waals surface area (Å²) in [5, 5.41) is 2.73. The number of amides is 1. The number of esters is 1. The summed E-state index contributed by atoms with van der Waals surface area (Å²) in [6, 6.07) is 10.7. The van der Waals surface area contributed by atoms with Crippen LogP contribution >= 0.6 is 0 Å². The van der Waals surface area contributed by atoms with Crippen molar-refractivity contribution in [2.24, 2.45) is 0 Å². The van der Waals surface area contributed by atoms with Crippen LogP contribution in [-0.2, 0) is 20.9 Å². The van der Waals surface area contributed by atoms with Crippen LogP contribution in [0.25, 0.3) is 6.08 Å². The molecule has 0 aromatic heterocycles. The Bertz CT molecular complexity index is 954. The first-order valence-corrected chi connectivity index (χ1v) is 9.27. The van der Waals surface area contributed by atoms with Gasteiger partial charge in [0, 0.05) is 18.2 Å². The normalized spacial score (nSPS) is 13.0. The van der Waals surface area contributed by atoms with Crippen LogP contribution in [0.15, 0.2) is 42.5 Å². The molecule has 0 bridgehead atoms. The molecule has 1 heterocycles. The Labute approximate surface area is 174 Å². The fourth-order valence-corrected chi connectivity index (χ4v) is 2.85. The van der Waals surface area contributed by atoms with E-state index >= 15 is 0 Å². The van der Waals surface area contributed by atoms with Crippen molar-refractivity contribution in [2.45, 2.75) is 19.6 Å². The largest absolute Gasteiger partial charge is 0.493 e. The lowest BCUT2D eigenvalue weighted by Crippen LogP contribution is -2.35. The summed E-state index contributed by atoms with van der Waals surface area (Å²) >= 11 is 0. The molecule has 30 heavy (non-hydrogen) atoms. The predicted molar refractivity (Wildman–Crippen MR) is 109 cm³/mol. The molecule has 0 saturated carbocycles. The van der Waals surface area contributed by atoms with E-state index < -0.39 is 18.0 Å². The second kappa shape index (κ2) is 9.69. The fourth-order valence-electron chi connectivity index (χ4n) is 2.85. The van der Waals surface area contributed by atoms with Gasteiger partial charge >= 0.3 is 5.97 Å². The van der Waals surface area contributed by atoms with Gasteiger partial charge in [-0.1, -0.05) is 18.2 Å². The number of ether oxygens (including phenoxy) is 5. The first-order chi connectivity index (χ1) is 14.5. The van der Waals surface area contributed by atoms with Crippen molar-refractivity contribution in [3.8, 4) is 23.0 Å². The number of rotatable bonds is 8. The van der Waals surface area contributed by atoms with Crippen molar-refractivity contribution in [1.29, 1.82) is 0 Å². The van der Waals surface area contributed by atoms with Gasteiger partial charge in [-0.2, -0.15) is 0 Å². The maximum Gasteiger partial charge on any atom is 0.331 e. The molecule has 158 valence electrons. The first kappa shape index (κ1) is 21.0. The molecule has 8 nitrogen and oxygen atoms in total. The van der Waals surface area contributed by atoms with Gasteiger partial charge in [-0.05, 0) is 36.8 Å². The van der Waals surface area contributed by atoms with Gasteiger partial charge < -0.3 is 29.0 Å². The van der Waals surface area contributed by atoms with Gasteiger partial charge in [0.25, 0.3) is 5.91 Å². The summed E-state index contributed by atoms with van der Waals surface area (Å²) in [6.07, 6.45) is 1.82. The van der Waals surface area contributed by atoms with Gasteiger partial charge in [-0.25, -0.2) is 4.79 Å². The van der Waals surface area contributed by atoms with E-state index in [4.69, 9.17) is 23.7 Å². The molecule has 0 fully saturated rings. The van der Waals surface area contributed by atoms with Crippen LogP contribution in [0.3, 0.4) is 0 Å². The number of methoxy groups -OCH3 is 2. The van der Waals surface area contributed by atoms with E-state index in [0.29, 0.717) is 28.6 Å². The molecule has 3 rings (SSSR count). The van der Waals surface area contributed by atoms with Crippen LogP contribution in [0.4, 0.5) is 0 Å². The molecule has 1 aliphatic heterocycles. The molecular weight excluding hydrogens is 390 g/mol. The second-order valence-corrected chi connectivity index (χ2v) is 6.40. The van der Waals surface area contributed by atoms with Crippen LogP contribution < -0.4 is 24.3 Å². The maximum absolute atomic E-state index is 12.2. The van der Waals surface area contributed by atoms with E-state index in [2.05, 4.69) is 5.32 Å². The fraction of sp³-hybridized carbons (Fsp3) is 0.273. The zero-order chi connectivity index (χ0) is 21.5. The van der Waals surface area contributed by atoms with Crippen molar-refractivity contribution in [3.05, 3.63) is 53.6 Å². The zero-order valence-electron chi connectivity index (χ0n) is 17.0. The standard InChI is InChI=1S/C22H23NO7/c1-14(22(25)23-12-15-7-9-17-19(11-15)29-13-28-17)30-20(24)10-8-16-5-4-6-18(26-2)21(16)27-3/h4-11,14H,12-13H2,1-3H3,(H,23,25)/b10-8+/t14-/m0/s1. The van der Waals surface area contributed by atoms with Gasteiger partial charge in [0.15, 0.2) is 29.1 Å². The quantitative estimate of drug-likeness (QED) is 0.525. The SMILES string of the molecule is COc1cccc(/C=C/C(=O)O[C@@H](C)C(=O)NCc2ccc3c(c2)OCO3)c1OC. The molecule has 0 saturated heterocycles. The number of fused-ring (bicyclic) bond motifs is 1. The van der Waals surface area contributed by atoms with E-state index in [-0.39, 0.29) is 13.3 Å². The van der Waals surface area contributed by atoms with Crippen molar-refractivity contribution in [1.82, 2.24) is 5.32 Å². The van der Waals surface area contributed by atoms with E-state index in [1.807, 2.05) is 6.07 Å². The minimum Gasteiger partial charge on any atom is -0.493 e. The monoisotopic (exact) mass is 413 g/mol. The molecule has 0 unspecified atom stereocenters. The number of carbonyl (C=O) groups is 2. The Morgan fingerprint density at radius 1 is 1.13 bits per heavy atom. The molecule has 1 amide bonds. The Balaban J connectivity index is 1.52. The Morgan fingerprint density at radius 2 is 1.93 bits per heavy atom. The third kappa shape index (κ3) is 5.02. The summed E-state index contributed by atoms with van der Waals surface area (Å²) in [5.74, 6) is 1.30. The Kier molecular flexibility index (Phi) is 6.79. The number of nitrogens with one attached hydrogen (secondary N) is 1. The van der Waals surface area contributed by atoms with Gasteiger partial charge in [0.2, 0.25) is 6.79 Å². The first-order valence-electron chi connectivity index (χ1n) is 9.27. The number of carbonyl (C=O) groups excluding carboxylic acids is 2. The smallest absolute Gasteiger partial charge is 0.331 e. The van der Waals surface area contributed by atoms with Gasteiger partial charge in [-0.3, -0.25) is 4.79 Å². The van der Waals surface area contributed by atoms with Crippen LogP contribution in [0.1, 0.15) is 18.1 Å². The lowest BCUT2D eigenvalue weighted by Gasteiger charge is -2.13. The van der Waals surface area contributed by atoms with Crippen LogP contribution in [0.5, 0.6) is 23.0 Å². The number of hydrogen-bond donors (Lipinski definition) is 1. The lowest BCUT2D eigenvalue weighted by atomic mass is 10.1. The van der Waals surface area contributed by atoms with Crippen LogP contribution in [0, 0.1) is 0 Å². The molecule has 0 radical (unpaired) electrons. The minimum absolute atomic E-state index is 0.188. The van der Waals surface area contributed by atoms with E-state index in [9.17, 15) is 9.59 Å². The highest BCUT2D eigenvalue weighted by Crippen LogP contribution is 2.32. The van der Waals surface area contributed by atoms with Crippen molar-refractivity contribution in [3.63, 3.8) is 0 Å². The van der Waals surface area contributed by atoms with E-state index in [1.165, 1.54) is 27.2 Å². The lowest BCUT2D eigenvalue weighted by molar-refractivity contribution is -0.150. The van der Waals surface area contributed by atoms with Crippen LogP contribution in [0.2, 0.25) is 0 Å². The molecular formula is C22H23NO7. The van der Waals surface area contributed by atoms with E-state index in [0.717, 1.165) is 5.56 Å². The second-order valence-electron chi connectivity index (χ2n) is 6.40. The van der Waals surface area contributed by atoms with Crippen molar-refractivity contribution >= 4 is 18.0 Å². The summed E-state index contributed by atoms with van der Waals surface area (Å²) in [6.45, 7) is 1.97. The molecule has 1 N–H and O–H groups in total. The molecule has 0 spiro atoms. The molecule has 2 aromatic carbocycles. The highest BCUT2D eigenvalue weighted by Gasteiger charge is 2.18. The highest BCUT2D eigenvalue weighted by molar-refractivity contribution is 5.90. The molecule has 2 aromatic rings. The summed E-state index contributed by atoms with van der Waals surface area (Å²) < 4.78 is 26.3.